The predicted molar refractivity (Wildman–Crippen MR) is 98.7 cm³/mol. The summed E-state index contributed by atoms with van der Waals surface area (Å²) in [5.74, 6) is 0.929. The van der Waals surface area contributed by atoms with Crippen molar-refractivity contribution in [3.05, 3.63) is 36.0 Å². The number of benzene rings is 1. The molecule has 128 valence electrons. The third-order valence-corrected chi connectivity index (χ3v) is 4.56. The quantitative estimate of drug-likeness (QED) is 0.938. The molecule has 1 aromatic heterocycles. The summed E-state index contributed by atoms with van der Waals surface area (Å²) in [6, 6.07) is 8.18. The molecule has 1 amide bonds. The molecule has 0 bridgehead atoms. The minimum absolute atomic E-state index is 0.0592. The standard InChI is InChI=1S/C19H26N4O/c1-4-22-9-11-23(12-10-22)18-16-8-6-5-7-15(16)17(13-20-18)19(24)21-14(2)3/h5-8,13-14H,4,9-12H2,1-3H3,(H,21,24). The second-order valence-electron chi connectivity index (χ2n) is 6.59. The Morgan fingerprint density at radius 3 is 2.46 bits per heavy atom. The van der Waals surface area contributed by atoms with E-state index in [0.29, 0.717) is 5.56 Å². The molecule has 0 spiro atoms. The highest BCUT2D eigenvalue weighted by Crippen LogP contribution is 2.28. The van der Waals surface area contributed by atoms with Crippen molar-refractivity contribution in [2.24, 2.45) is 0 Å². The van der Waals surface area contributed by atoms with Crippen molar-refractivity contribution >= 4 is 22.5 Å². The number of anilines is 1. The first-order valence-electron chi connectivity index (χ1n) is 8.76. The van der Waals surface area contributed by atoms with Crippen LogP contribution in [0.1, 0.15) is 31.1 Å². The van der Waals surface area contributed by atoms with Crippen molar-refractivity contribution < 1.29 is 4.79 Å². The van der Waals surface area contributed by atoms with Crippen molar-refractivity contribution in [3.8, 4) is 0 Å². The maximum absolute atomic E-state index is 12.5. The summed E-state index contributed by atoms with van der Waals surface area (Å²) >= 11 is 0. The zero-order chi connectivity index (χ0) is 17.1. The van der Waals surface area contributed by atoms with Crippen LogP contribution in [0, 0.1) is 0 Å². The van der Waals surface area contributed by atoms with Gasteiger partial charge in [0.25, 0.3) is 5.91 Å². The molecule has 0 aliphatic carbocycles. The van der Waals surface area contributed by atoms with Gasteiger partial charge in [0.15, 0.2) is 0 Å². The van der Waals surface area contributed by atoms with Gasteiger partial charge in [0.1, 0.15) is 5.82 Å². The third kappa shape index (κ3) is 3.36. The SMILES string of the molecule is CCN1CCN(c2ncc(C(=O)NC(C)C)c3ccccc23)CC1. The van der Waals surface area contributed by atoms with E-state index in [1.165, 1.54) is 0 Å². The van der Waals surface area contributed by atoms with Gasteiger partial charge in [0.05, 0.1) is 5.56 Å². The van der Waals surface area contributed by atoms with E-state index in [4.69, 9.17) is 0 Å². The maximum atomic E-state index is 12.5. The molecule has 0 atom stereocenters. The molecule has 5 heteroatoms. The van der Waals surface area contributed by atoms with Crippen molar-refractivity contribution in [1.82, 2.24) is 15.2 Å². The average Bonchev–Trinajstić information content (AvgIpc) is 2.60. The topological polar surface area (TPSA) is 48.5 Å². The molecule has 1 aliphatic heterocycles. The number of amides is 1. The maximum Gasteiger partial charge on any atom is 0.253 e. The summed E-state index contributed by atoms with van der Waals surface area (Å²) in [6.07, 6.45) is 1.72. The van der Waals surface area contributed by atoms with Crippen LogP contribution in [-0.4, -0.2) is 54.6 Å². The first-order valence-corrected chi connectivity index (χ1v) is 8.76. The molecule has 2 aromatic rings. The smallest absolute Gasteiger partial charge is 0.253 e. The van der Waals surface area contributed by atoms with Gasteiger partial charge in [-0.15, -0.1) is 0 Å². The molecule has 1 saturated heterocycles. The van der Waals surface area contributed by atoms with E-state index in [0.717, 1.165) is 49.3 Å². The number of nitrogens with zero attached hydrogens (tertiary/aromatic N) is 3. The number of carbonyl (C=O) groups excluding carboxylic acids is 1. The summed E-state index contributed by atoms with van der Waals surface area (Å²) < 4.78 is 0. The second-order valence-corrected chi connectivity index (χ2v) is 6.59. The van der Waals surface area contributed by atoms with E-state index in [-0.39, 0.29) is 11.9 Å². The molecule has 24 heavy (non-hydrogen) atoms. The fraction of sp³-hybridized carbons (Fsp3) is 0.474. The Balaban J connectivity index is 1.95. The molecule has 0 unspecified atom stereocenters. The Kier molecular flexibility index (Phi) is 5.00. The highest BCUT2D eigenvalue weighted by atomic mass is 16.1. The van der Waals surface area contributed by atoms with E-state index in [1.807, 2.05) is 32.0 Å². The Hall–Kier alpha value is -2.14. The first kappa shape index (κ1) is 16.7. The molecule has 1 aliphatic rings. The van der Waals surface area contributed by atoms with Crippen LogP contribution in [0.25, 0.3) is 10.8 Å². The van der Waals surface area contributed by atoms with Crippen molar-refractivity contribution in [2.75, 3.05) is 37.6 Å². The van der Waals surface area contributed by atoms with Crippen LogP contribution in [0.2, 0.25) is 0 Å². The number of piperazine rings is 1. The highest BCUT2D eigenvalue weighted by molar-refractivity contribution is 6.09. The number of carbonyl (C=O) groups is 1. The van der Waals surface area contributed by atoms with E-state index >= 15 is 0 Å². The van der Waals surface area contributed by atoms with Gasteiger partial charge >= 0.3 is 0 Å². The summed E-state index contributed by atoms with van der Waals surface area (Å²) in [7, 11) is 0. The predicted octanol–water partition coefficient (Wildman–Crippen LogP) is 2.51. The van der Waals surface area contributed by atoms with Crippen molar-refractivity contribution in [2.45, 2.75) is 26.8 Å². The van der Waals surface area contributed by atoms with E-state index < -0.39 is 0 Å². The number of hydrogen-bond donors (Lipinski definition) is 1. The van der Waals surface area contributed by atoms with Gasteiger partial charge < -0.3 is 15.1 Å². The van der Waals surface area contributed by atoms with Crippen LogP contribution in [0.3, 0.4) is 0 Å². The van der Waals surface area contributed by atoms with Gasteiger partial charge in [0.2, 0.25) is 0 Å². The summed E-state index contributed by atoms with van der Waals surface area (Å²) in [4.78, 5) is 21.9. The number of pyridine rings is 1. The molecule has 2 heterocycles. The fourth-order valence-corrected chi connectivity index (χ4v) is 3.23. The summed E-state index contributed by atoms with van der Waals surface area (Å²) in [6.45, 7) is 11.3. The van der Waals surface area contributed by atoms with Gasteiger partial charge in [-0.05, 0) is 25.8 Å². The minimum Gasteiger partial charge on any atom is -0.354 e. The normalized spacial score (nSPS) is 15.9. The Labute approximate surface area is 143 Å². The number of hydrogen-bond acceptors (Lipinski definition) is 4. The fourth-order valence-electron chi connectivity index (χ4n) is 3.23. The molecule has 0 radical (unpaired) electrons. The summed E-state index contributed by atoms with van der Waals surface area (Å²) in [5, 5.41) is 4.99. The first-order chi connectivity index (χ1) is 11.6. The summed E-state index contributed by atoms with van der Waals surface area (Å²) in [5.41, 5.74) is 0.648. The molecule has 1 N–H and O–H groups in total. The second kappa shape index (κ2) is 7.18. The lowest BCUT2D eigenvalue weighted by Crippen LogP contribution is -2.46. The van der Waals surface area contributed by atoms with Crippen molar-refractivity contribution in [1.29, 1.82) is 0 Å². The van der Waals surface area contributed by atoms with E-state index in [1.54, 1.807) is 6.20 Å². The largest absolute Gasteiger partial charge is 0.354 e. The monoisotopic (exact) mass is 326 g/mol. The highest BCUT2D eigenvalue weighted by Gasteiger charge is 2.21. The van der Waals surface area contributed by atoms with Gasteiger partial charge in [0, 0.05) is 43.8 Å². The Bertz CT molecular complexity index is 720. The number of likely N-dealkylation sites (N-methyl/N-ethyl adjacent to an activating group) is 1. The van der Waals surface area contributed by atoms with Gasteiger partial charge in [-0.1, -0.05) is 31.2 Å². The molecule has 1 aromatic carbocycles. The van der Waals surface area contributed by atoms with Gasteiger partial charge in [-0.2, -0.15) is 0 Å². The minimum atomic E-state index is -0.0592. The zero-order valence-electron chi connectivity index (χ0n) is 14.7. The lowest BCUT2D eigenvalue weighted by atomic mass is 10.1. The Morgan fingerprint density at radius 1 is 1.17 bits per heavy atom. The van der Waals surface area contributed by atoms with Crippen LogP contribution in [0.15, 0.2) is 30.5 Å². The van der Waals surface area contributed by atoms with Crippen molar-refractivity contribution in [3.63, 3.8) is 0 Å². The number of rotatable bonds is 4. The molecule has 0 saturated carbocycles. The van der Waals surface area contributed by atoms with Crippen LogP contribution in [0.4, 0.5) is 5.82 Å². The third-order valence-electron chi connectivity index (χ3n) is 4.56. The van der Waals surface area contributed by atoms with Crippen LogP contribution >= 0.6 is 0 Å². The lowest BCUT2D eigenvalue weighted by Gasteiger charge is -2.35. The van der Waals surface area contributed by atoms with Crippen LogP contribution in [-0.2, 0) is 0 Å². The van der Waals surface area contributed by atoms with Crippen LogP contribution < -0.4 is 10.2 Å². The molecular weight excluding hydrogens is 300 g/mol. The lowest BCUT2D eigenvalue weighted by molar-refractivity contribution is 0.0944. The van der Waals surface area contributed by atoms with E-state index in [9.17, 15) is 4.79 Å². The molecule has 3 rings (SSSR count). The molecular formula is C19H26N4O. The number of aromatic nitrogens is 1. The van der Waals surface area contributed by atoms with E-state index in [2.05, 4.69) is 33.1 Å². The Morgan fingerprint density at radius 2 is 1.83 bits per heavy atom. The number of nitrogens with one attached hydrogen (secondary N) is 1. The molecule has 1 fully saturated rings. The zero-order valence-corrected chi connectivity index (χ0v) is 14.7. The number of fused-ring (bicyclic) bond motifs is 1. The van der Waals surface area contributed by atoms with Crippen LogP contribution in [0.5, 0.6) is 0 Å². The van der Waals surface area contributed by atoms with Gasteiger partial charge in [-0.3, -0.25) is 4.79 Å². The van der Waals surface area contributed by atoms with Gasteiger partial charge in [-0.25, -0.2) is 4.98 Å². The average molecular weight is 326 g/mol. The molecule has 5 nitrogen and oxygen atoms in total.